The van der Waals surface area contributed by atoms with Gasteiger partial charge in [-0.05, 0) is 38.8 Å². The Morgan fingerprint density at radius 3 is 2.22 bits per heavy atom. The Labute approximate surface area is 113 Å². The number of rotatable bonds is 7. The molecule has 18 heavy (non-hydrogen) atoms. The van der Waals surface area contributed by atoms with E-state index in [-0.39, 0.29) is 11.6 Å². The molecule has 0 aliphatic carbocycles. The Balaban J connectivity index is 2.86. The Bertz CT molecular complexity index is 219. The maximum Gasteiger partial charge on any atom is 0.0773 e. The summed E-state index contributed by atoms with van der Waals surface area (Å²) in [6.07, 6.45) is 3.92. The first-order valence-electron chi connectivity index (χ1n) is 7.67. The summed E-state index contributed by atoms with van der Waals surface area (Å²) >= 11 is 0. The van der Waals surface area contributed by atoms with Crippen molar-refractivity contribution in [2.75, 3.05) is 26.3 Å². The molecule has 1 heterocycles. The van der Waals surface area contributed by atoms with E-state index >= 15 is 0 Å². The fourth-order valence-electron chi connectivity index (χ4n) is 3.61. The highest BCUT2D eigenvalue weighted by molar-refractivity contribution is 4.97. The second-order valence-electron chi connectivity index (χ2n) is 5.41. The lowest BCUT2D eigenvalue weighted by Crippen LogP contribution is -2.59. The highest BCUT2D eigenvalue weighted by atomic mass is 16.5. The smallest absolute Gasteiger partial charge is 0.0773 e. The molecule has 1 aliphatic heterocycles. The fourth-order valence-corrected chi connectivity index (χ4v) is 3.61. The first-order valence-corrected chi connectivity index (χ1v) is 7.67. The van der Waals surface area contributed by atoms with Crippen molar-refractivity contribution in [2.45, 2.75) is 65.0 Å². The van der Waals surface area contributed by atoms with Crippen LogP contribution in [0.4, 0.5) is 0 Å². The van der Waals surface area contributed by atoms with Gasteiger partial charge in [-0.1, -0.05) is 27.7 Å². The van der Waals surface area contributed by atoms with Gasteiger partial charge in [0.15, 0.2) is 0 Å². The largest absolute Gasteiger partial charge is 0.391 e. The summed E-state index contributed by atoms with van der Waals surface area (Å²) in [7, 11) is 0. The van der Waals surface area contributed by atoms with Gasteiger partial charge in [0.2, 0.25) is 0 Å². The second kappa shape index (κ2) is 7.46. The maximum absolute atomic E-state index is 10.9. The van der Waals surface area contributed by atoms with Crippen LogP contribution in [0, 0.1) is 5.92 Å². The lowest BCUT2D eigenvalue weighted by atomic mass is 9.76. The molecular weight excluding hydrogens is 226 g/mol. The van der Waals surface area contributed by atoms with Crippen LogP contribution in [-0.4, -0.2) is 48.0 Å². The summed E-state index contributed by atoms with van der Waals surface area (Å²) < 4.78 is 5.56. The van der Waals surface area contributed by atoms with Crippen molar-refractivity contribution in [1.29, 1.82) is 0 Å². The third kappa shape index (κ3) is 3.06. The SMILES string of the molecule is CCN(CC)C(CC)(CC)C(O)C1CCCOC1. The molecule has 0 bridgehead atoms. The van der Waals surface area contributed by atoms with Gasteiger partial charge in [0.25, 0.3) is 0 Å². The minimum Gasteiger partial charge on any atom is -0.391 e. The Morgan fingerprint density at radius 1 is 1.22 bits per heavy atom. The highest BCUT2D eigenvalue weighted by Crippen LogP contribution is 2.34. The van der Waals surface area contributed by atoms with Crippen molar-refractivity contribution >= 4 is 0 Å². The van der Waals surface area contributed by atoms with Crippen LogP contribution in [-0.2, 0) is 4.74 Å². The molecule has 2 atom stereocenters. The van der Waals surface area contributed by atoms with E-state index in [1.54, 1.807) is 0 Å². The van der Waals surface area contributed by atoms with E-state index in [1.165, 1.54) is 0 Å². The minimum atomic E-state index is -0.271. The molecule has 0 amide bonds. The molecule has 3 nitrogen and oxygen atoms in total. The van der Waals surface area contributed by atoms with Gasteiger partial charge in [0, 0.05) is 18.1 Å². The van der Waals surface area contributed by atoms with Crippen LogP contribution in [0.1, 0.15) is 53.4 Å². The van der Waals surface area contributed by atoms with E-state index in [9.17, 15) is 5.11 Å². The molecule has 1 fully saturated rings. The van der Waals surface area contributed by atoms with Crippen molar-refractivity contribution in [3.05, 3.63) is 0 Å². The van der Waals surface area contributed by atoms with Crippen LogP contribution in [0.5, 0.6) is 0 Å². The summed E-state index contributed by atoms with van der Waals surface area (Å²) in [5, 5.41) is 10.9. The summed E-state index contributed by atoms with van der Waals surface area (Å²) in [5.74, 6) is 0.305. The number of ether oxygens (including phenoxy) is 1. The predicted molar refractivity (Wildman–Crippen MR) is 75.8 cm³/mol. The van der Waals surface area contributed by atoms with Crippen LogP contribution in [0.2, 0.25) is 0 Å². The quantitative estimate of drug-likeness (QED) is 0.761. The van der Waals surface area contributed by atoms with Crippen LogP contribution >= 0.6 is 0 Å². The summed E-state index contributed by atoms with van der Waals surface area (Å²) in [6.45, 7) is 12.4. The van der Waals surface area contributed by atoms with E-state index in [0.29, 0.717) is 5.92 Å². The number of likely N-dealkylation sites (N-methyl/N-ethyl adjacent to an activating group) is 1. The highest BCUT2D eigenvalue weighted by Gasteiger charge is 2.43. The van der Waals surface area contributed by atoms with Crippen LogP contribution in [0.3, 0.4) is 0 Å². The molecule has 0 radical (unpaired) electrons. The molecule has 1 aliphatic rings. The van der Waals surface area contributed by atoms with Gasteiger partial charge in [0.05, 0.1) is 12.7 Å². The standard InChI is InChI=1S/C15H31NO2/c1-5-15(6-2,16(7-3)8-4)14(17)13-10-9-11-18-12-13/h13-14,17H,5-12H2,1-4H3. The number of aliphatic hydroxyl groups excluding tert-OH is 1. The monoisotopic (exact) mass is 257 g/mol. The first-order chi connectivity index (χ1) is 8.66. The number of hydrogen-bond donors (Lipinski definition) is 1. The van der Waals surface area contributed by atoms with Crippen LogP contribution in [0.25, 0.3) is 0 Å². The number of aliphatic hydroxyl groups is 1. The van der Waals surface area contributed by atoms with Crippen molar-refractivity contribution in [3.63, 3.8) is 0 Å². The van der Waals surface area contributed by atoms with E-state index in [2.05, 4.69) is 32.6 Å². The molecule has 0 aromatic rings. The summed E-state index contributed by atoms with van der Waals surface area (Å²) in [4.78, 5) is 2.44. The fraction of sp³-hybridized carbons (Fsp3) is 1.00. The summed E-state index contributed by atoms with van der Waals surface area (Å²) in [5.41, 5.74) is -0.0745. The van der Waals surface area contributed by atoms with E-state index in [0.717, 1.165) is 52.0 Å². The lowest BCUT2D eigenvalue weighted by molar-refractivity contribution is -0.0962. The molecule has 108 valence electrons. The van der Waals surface area contributed by atoms with Crippen molar-refractivity contribution in [2.24, 2.45) is 5.92 Å². The van der Waals surface area contributed by atoms with Gasteiger partial charge in [-0.25, -0.2) is 0 Å². The van der Waals surface area contributed by atoms with Gasteiger partial charge in [-0.15, -0.1) is 0 Å². The van der Waals surface area contributed by atoms with Gasteiger partial charge in [-0.2, -0.15) is 0 Å². The van der Waals surface area contributed by atoms with E-state index in [4.69, 9.17) is 4.74 Å². The van der Waals surface area contributed by atoms with Gasteiger partial charge < -0.3 is 9.84 Å². The first kappa shape index (κ1) is 15.9. The molecule has 1 rings (SSSR count). The van der Waals surface area contributed by atoms with Crippen molar-refractivity contribution < 1.29 is 9.84 Å². The molecule has 0 spiro atoms. The molecule has 0 saturated carbocycles. The Hall–Kier alpha value is -0.120. The average Bonchev–Trinajstić information content (AvgIpc) is 2.45. The van der Waals surface area contributed by atoms with Crippen molar-refractivity contribution in [1.82, 2.24) is 4.90 Å². The molecule has 1 saturated heterocycles. The Morgan fingerprint density at radius 2 is 1.83 bits per heavy atom. The van der Waals surface area contributed by atoms with E-state index in [1.807, 2.05) is 0 Å². The topological polar surface area (TPSA) is 32.7 Å². The predicted octanol–water partition coefficient (Wildman–Crippen LogP) is 2.67. The molecule has 2 unspecified atom stereocenters. The van der Waals surface area contributed by atoms with Crippen LogP contribution in [0.15, 0.2) is 0 Å². The zero-order valence-corrected chi connectivity index (χ0v) is 12.6. The second-order valence-corrected chi connectivity index (χ2v) is 5.41. The lowest BCUT2D eigenvalue weighted by Gasteiger charge is -2.48. The molecular formula is C15H31NO2. The number of nitrogens with zero attached hydrogens (tertiary/aromatic N) is 1. The zero-order chi connectivity index (χ0) is 13.6. The molecule has 0 aromatic heterocycles. The minimum absolute atomic E-state index is 0.0745. The van der Waals surface area contributed by atoms with Gasteiger partial charge in [-0.3, -0.25) is 4.90 Å². The Kier molecular flexibility index (Phi) is 6.61. The van der Waals surface area contributed by atoms with E-state index < -0.39 is 0 Å². The average molecular weight is 257 g/mol. The zero-order valence-electron chi connectivity index (χ0n) is 12.6. The number of hydrogen-bond acceptors (Lipinski definition) is 3. The third-order valence-electron chi connectivity index (χ3n) is 4.81. The molecule has 0 aromatic carbocycles. The third-order valence-corrected chi connectivity index (χ3v) is 4.81. The molecule has 3 heteroatoms. The maximum atomic E-state index is 10.9. The normalized spacial score (nSPS) is 23.3. The molecule has 1 N–H and O–H groups in total. The van der Waals surface area contributed by atoms with Crippen LogP contribution < -0.4 is 0 Å². The van der Waals surface area contributed by atoms with Gasteiger partial charge >= 0.3 is 0 Å². The summed E-state index contributed by atoms with van der Waals surface area (Å²) in [6, 6.07) is 0. The van der Waals surface area contributed by atoms with Crippen molar-refractivity contribution in [3.8, 4) is 0 Å². The van der Waals surface area contributed by atoms with Gasteiger partial charge in [0.1, 0.15) is 0 Å².